The second-order valence-electron chi connectivity index (χ2n) is 8.27. The number of nitrogens with zero attached hydrogens (tertiary/aromatic N) is 5. The highest BCUT2D eigenvalue weighted by molar-refractivity contribution is 6.32. The van der Waals surface area contributed by atoms with Crippen LogP contribution in [0.2, 0.25) is 5.02 Å². The highest BCUT2D eigenvalue weighted by Gasteiger charge is 2.25. The van der Waals surface area contributed by atoms with Crippen molar-refractivity contribution in [2.45, 2.75) is 20.0 Å². The lowest BCUT2D eigenvalue weighted by atomic mass is 10.1. The third kappa shape index (κ3) is 7.53. The van der Waals surface area contributed by atoms with Crippen LogP contribution in [0.25, 0.3) is 5.57 Å². The highest BCUT2D eigenvalue weighted by atomic mass is 35.5. The zero-order valence-electron chi connectivity index (χ0n) is 22.3. The van der Waals surface area contributed by atoms with Gasteiger partial charge < -0.3 is 30.2 Å². The fraction of sp³-hybridized carbons (Fsp3) is 0.346. The van der Waals surface area contributed by atoms with Gasteiger partial charge in [0.1, 0.15) is 11.9 Å². The second-order valence-corrected chi connectivity index (χ2v) is 8.68. The molecule has 0 radical (unpaired) electrons. The predicted octanol–water partition coefficient (Wildman–Crippen LogP) is 4.27. The van der Waals surface area contributed by atoms with Gasteiger partial charge in [-0.1, -0.05) is 31.5 Å². The number of methoxy groups -OCH3 is 2. The molecule has 208 valence electrons. The maximum absolute atomic E-state index is 12.0. The van der Waals surface area contributed by atoms with Crippen LogP contribution in [0.15, 0.2) is 48.9 Å². The van der Waals surface area contributed by atoms with E-state index in [1.54, 1.807) is 25.4 Å². The molecule has 0 bridgehead atoms. The lowest BCUT2D eigenvalue weighted by Gasteiger charge is -2.25. The molecule has 0 fully saturated rings. The van der Waals surface area contributed by atoms with Crippen molar-refractivity contribution in [3.05, 3.63) is 75.5 Å². The van der Waals surface area contributed by atoms with E-state index >= 15 is 0 Å². The summed E-state index contributed by atoms with van der Waals surface area (Å²) in [5.41, 5.74) is 7.26. The van der Waals surface area contributed by atoms with Gasteiger partial charge in [-0.15, -0.1) is 0 Å². The second kappa shape index (κ2) is 14.2. The number of likely N-dealkylation sites (N-methyl/N-ethyl adjacent to an activating group) is 1. The molecule has 3 rings (SSSR count). The smallest absolute Gasteiger partial charge is 0.313 e. The van der Waals surface area contributed by atoms with Gasteiger partial charge in [0.15, 0.2) is 0 Å². The van der Waals surface area contributed by atoms with Gasteiger partial charge in [-0.05, 0) is 25.2 Å². The maximum atomic E-state index is 12.0. The summed E-state index contributed by atoms with van der Waals surface area (Å²) in [6, 6.07) is 8.13. The van der Waals surface area contributed by atoms with E-state index in [1.165, 1.54) is 31.6 Å². The Kier molecular flexibility index (Phi) is 10.8. The van der Waals surface area contributed by atoms with Crippen LogP contribution in [-0.2, 0) is 4.74 Å². The Hall–Kier alpha value is -4.00. The highest BCUT2D eigenvalue weighted by Crippen LogP contribution is 2.39. The molecule has 12 nitrogen and oxygen atoms in total. The maximum Gasteiger partial charge on any atom is 0.313 e. The van der Waals surface area contributed by atoms with Gasteiger partial charge in [0.2, 0.25) is 11.7 Å². The van der Waals surface area contributed by atoms with Crippen molar-refractivity contribution in [1.29, 1.82) is 0 Å². The fourth-order valence-corrected chi connectivity index (χ4v) is 4.05. The molecule has 0 amide bonds. The Balaban J connectivity index is 1.97. The van der Waals surface area contributed by atoms with Crippen molar-refractivity contribution in [2.24, 2.45) is 5.73 Å². The van der Waals surface area contributed by atoms with Gasteiger partial charge in [0.05, 0.1) is 46.9 Å². The van der Waals surface area contributed by atoms with Crippen molar-refractivity contribution in [2.75, 3.05) is 45.8 Å². The van der Waals surface area contributed by atoms with E-state index in [4.69, 9.17) is 31.5 Å². The van der Waals surface area contributed by atoms with Gasteiger partial charge in [-0.3, -0.25) is 15.1 Å². The van der Waals surface area contributed by atoms with Crippen LogP contribution in [0, 0.1) is 10.1 Å². The molecular weight excluding hydrogens is 526 g/mol. The molecule has 2 heterocycles. The zero-order valence-corrected chi connectivity index (χ0v) is 23.0. The van der Waals surface area contributed by atoms with E-state index in [0.717, 1.165) is 13.1 Å². The van der Waals surface area contributed by atoms with Crippen LogP contribution in [0.3, 0.4) is 0 Å². The van der Waals surface area contributed by atoms with Crippen molar-refractivity contribution in [3.63, 3.8) is 0 Å². The Morgan fingerprint density at radius 3 is 2.59 bits per heavy atom. The summed E-state index contributed by atoms with van der Waals surface area (Å²) in [5.74, 6) is 0.455. The molecule has 1 unspecified atom stereocenters. The molecule has 1 atom stereocenters. The van der Waals surface area contributed by atoms with Gasteiger partial charge in [-0.25, -0.2) is 9.97 Å². The number of pyridine rings is 1. The van der Waals surface area contributed by atoms with Gasteiger partial charge in [0.25, 0.3) is 0 Å². The number of anilines is 2. The molecule has 0 spiro atoms. The van der Waals surface area contributed by atoms with E-state index in [2.05, 4.69) is 25.2 Å². The Bertz CT molecular complexity index is 1290. The minimum absolute atomic E-state index is 0.0535. The van der Waals surface area contributed by atoms with E-state index in [0.29, 0.717) is 23.5 Å². The van der Waals surface area contributed by atoms with Gasteiger partial charge >= 0.3 is 5.69 Å². The molecular formula is C26H32ClN7O5. The number of nitrogens with two attached hydrogens (primary N) is 1. The molecule has 13 heteroatoms. The van der Waals surface area contributed by atoms with E-state index < -0.39 is 11.0 Å². The molecule has 0 aliphatic carbocycles. The monoisotopic (exact) mass is 557 g/mol. The number of benzene rings is 1. The number of nitro groups is 1. The molecule has 1 aromatic carbocycles. The average molecular weight is 558 g/mol. The van der Waals surface area contributed by atoms with Crippen LogP contribution in [0.1, 0.15) is 25.2 Å². The summed E-state index contributed by atoms with van der Waals surface area (Å²) >= 11 is 6.38. The summed E-state index contributed by atoms with van der Waals surface area (Å²) in [7, 11) is 3.00. The van der Waals surface area contributed by atoms with Crippen molar-refractivity contribution in [1.82, 2.24) is 19.9 Å². The minimum Gasteiger partial charge on any atom is -0.494 e. The number of hydrogen-bond donors (Lipinski definition) is 2. The third-order valence-corrected chi connectivity index (χ3v) is 6.11. The van der Waals surface area contributed by atoms with Crippen LogP contribution in [-0.4, -0.2) is 71.3 Å². The summed E-state index contributed by atoms with van der Waals surface area (Å²) in [4.78, 5) is 26.7. The minimum atomic E-state index is -0.522. The fourth-order valence-electron chi connectivity index (χ4n) is 3.86. The first-order valence-electron chi connectivity index (χ1n) is 12.2. The number of nitrogens with one attached hydrogen (secondary N) is 1. The lowest BCUT2D eigenvalue weighted by molar-refractivity contribution is -0.386. The van der Waals surface area contributed by atoms with Crippen LogP contribution < -0.4 is 20.5 Å². The first-order chi connectivity index (χ1) is 18.8. The van der Waals surface area contributed by atoms with E-state index in [1.807, 2.05) is 19.9 Å². The van der Waals surface area contributed by atoms with Crippen LogP contribution in [0.4, 0.5) is 17.3 Å². The Morgan fingerprint density at radius 2 is 2.00 bits per heavy atom. The largest absolute Gasteiger partial charge is 0.494 e. The quantitative estimate of drug-likeness (QED) is 0.216. The standard InChI is InChI=1S/C26H32ClN7O5/c1-5-33(6-2)15-17(16-37-3)39-24-12-23(38-4)21(11-22(24)34(35)36)31-26-30-14-19(27)25(32-26)18(13-28)20-9-7-8-10-29-20/h7-14,17H,5-6,15-16,28H2,1-4H3,(H,30,31,32). The molecule has 2 aromatic heterocycles. The molecule has 0 aliphatic rings. The van der Waals surface area contributed by atoms with Crippen LogP contribution >= 0.6 is 11.6 Å². The van der Waals surface area contributed by atoms with E-state index in [9.17, 15) is 10.1 Å². The van der Waals surface area contributed by atoms with Crippen molar-refractivity contribution >= 4 is 34.5 Å². The Labute approximate surface area is 231 Å². The SMILES string of the molecule is CCN(CC)CC(COC)Oc1cc(OC)c(Nc2ncc(Cl)c(C(=CN)c3ccccn3)n2)cc1[N+](=O)[O-]. The molecule has 3 N–H and O–H groups in total. The first-order valence-corrected chi connectivity index (χ1v) is 12.6. The van der Waals surface area contributed by atoms with Crippen LogP contribution in [0.5, 0.6) is 11.5 Å². The number of aromatic nitrogens is 3. The Morgan fingerprint density at radius 1 is 1.23 bits per heavy atom. The normalized spacial score (nSPS) is 12.3. The topological polar surface area (TPSA) is 151 Å². The van der Waals surface area contributed by atoms with Gasteiger partial charge in [-0.2, -0.15) is 0 Å². The number of halogens is 1. The summed E-state index contributed by atoms with van der Waals surface area (Å²) in [5, 5.41) is 15.3. The summed E-state index contributed by atoms with van der Waals surface area (Å²) in [6.45, 7) is 6.47. The number of rotatable bonds is 14. The number of ether oxygens (including phenoxy) is 3. The molecule has 0 aliphatic heterocycles. The average Bonchev–Trinajstić information content (AvgIpc) is 2.94. The summed E-state index contributed by atoms with van der Waals surface area (Å²) in [6.07, 6.45) is 3.94. The summed E-state index contributed by atoms with van der Waals surface area (Å²) < 4.78 is 16.9. The lowest BCUT2D eigenvalue weighted by Crippen LogP contribution is -2.38. The number of hydrogen-bond acceptors (Lipinski definition) is 11. The molecule has 39 heavy (non-hydrogen) atoms. The van der Waals surface area contributed by atoms with Crippen molar-refractivity contribution < 1.29 is 19.1 Å². The zero-order chi connectivity index (χ0) is 28.4. The molecule has 0 saturated heterocycles. The first kappa shape index (κ1) is 29.6. The van der Waals surface area contributed by atoms with E-state index in [-0.39, 0.29) is 40.5 Å². The predicted molar refractivity (Wildman–Crippen MR) is 150 cm³/mol. The van der Waals surface area contributed by atoms with Crippen molar-refractivity contribution in [3.8, 4) is 11.5 Å². The van der Waals surface area contributed by atoms with Gasteiger partial charge in [0, 0.05) is 43.8 Å². The molecule has 3 aromatic rings. The third-order valence-electron chi connectivity index (χ3n) is 5.83. The number of nitro benzene ring substituents is 1. The molecule has 0 saturated carbocycles.